The average Bonchev–Trinajstić information content (AvgIpc) is 3.00. The van der Waals surface area contributed by atoms with Crippen LogP contribution in [-0.2, 0) is 4.79 Å². The van der Waals surface area contributed by atoms with E-state index in [1.807, 2.05) is 12.3 Å². The lowest BCUT2D eigenvalue weighted by molar-refractivity contribution is -0.136. The van der Waals surface area contributed by atoms with E-state index in [2.05, 4.69) is 6.07 Å². The SMILES string of the molecule is Cc1ccsc1[C@@H]1CCN(C(=O)COc2ccc(F)cc2)C[C@H]1O. The first kappa shape index (κ1) is 16.9. The van der Waals surface area contributed by atoms with Crippen molar-refractivity contribution in [3.63, 3.8) is 0 Å². The third kappa shape index (κ3) is 3.76. The molecule has 2 heterocycles. The summed E-state index contributed by atoms with van der Waals surface area (Å²) < 4.78 is 18.2. The molecule has 0 bridgehead atoms. The molecule has 1 saturated heterocycles. The molecule has 0 saturated carbocycles. The topological polar surface area (TPSA) is 49.8 Å². The fourth-order valence-corrected chi connectivity index (χ4v) is 4.12. The Labute approximate surface area is 144 Å². The highest BCUT2D eigenvalue weighted by Crippen LogP contribution is 2.34. The Kier molecular flexibility index (Phi) is 5.16. The van der Waals surface area contributed by atoms with E-state index < -0.39 is 6.10 Å². The fraction of sp³-hybridized carbons (Fsp3) is 0.389. The molecular weight excluding hydrogens is 329 g/mol. The van der Waals surface area contributed by atoms with Gasteiger partial charge in [0.05, 0.1) is 6.10 Å². The number of halogens is 1. The normalized spacial score (nSPS) is 20.9. The first-order chi connectivity index (χ1) is 11.5. The second-order valence-electron chi connectivity index (χ2n) is 6.01. The molecule has 0 aliphatic carbocycles. The molecule has 1 aromatic heterocycles. The number of rotatable bonds is 4. The molecule has 0 spiro atoms. The van der Waals surface area contributed by atoms with E-state index in [0.717, 1.165) is 6.42 Å². The molecule has 0 unspecified atom stereocenters. The minimum Gasteiger partial charge on any atom is -0.484 e. The molecule has 0 radical (unpaired) electrons. The summed E-state index contributed by atoms with van der Waals surface area (Å²) in [4.78, 5) is 15.1. The number of nitrogens with zero attached hydrogens (tertiary/aromatic N) is 1. The lowest BCUT2D eigenvalue weighted by atomic mass is 9.90. The summed E-state index contributed by atoms with van der Waals surface area (Å²) in [6.07, 6.45) is 0.177. The third-order valence-corrected chi connectivity index (χ3v) is 5.50. The Morgan fingerprint density at radius 2 is 2.12 bits per heavy atom. The molecule has 128 valence electrons. The van der Waals surface area contributed by atoms with Gasteiger partial charge in [-0.2, -0.15) is 0 Å². The van der Waals surface area contributed by atoms with Gasteiger partial charge in [-0.05, 0) is 54.6 Å². The number of hydrogen-bond donors (Lipinski definition) is 1. The standard InChI is InChI=1S/C18H20FNO3S/c1-12-7-9-24-18(12)15-6-8-20(10-16(15)21)17(22)11-23-14-4-2-13(19)3-5-14/h2-5,7,9,15-16,21H,6,8,10-11H2,1H3/t15-,16-/m1/s1. The number of aliphatic hydroxyl groups excluding tert-OH is 1. The summed E-state index contributed by atoms with van der Waals surface area (Å²) in [6.45, 7) is 2.85. The zero-order valence-electron chi connectivity index (χ0n) is 13.4. The number of benzene rings is 1. The van der Waals surface area contributed by atoms with Crippen LogP contribution in [0.1, 0.15) is 22.8 Å². The summed E-state index contributed by atoms with van der Waals surface area (Å²) >= 11 is 1.66. The average molecular weight is 349 g/mol. The van der Waals surface area contributed by atoms with Crippen molar-refractivity contribution < 1.29 is 19.0 Å². The van der Waals surface area contributed by atoms with Crippen LogP contribution in [0.2, 0.25) is 0 Å². The number of hydrogen-bond acceptors (Lipinski definition) is 4. The van der Waals surface area contributed by atoms with Gasteiger partial charge in [-0.25, -0.2) is 4.39 Å². The molecule has 2 aromatic rings. The summed E-state index contributed by atoms with van der Waals surface area (Å²) in [5.74, 6) is 0.0314. The highest BCUT2D eigenvalue weighted by molar-refractivity contribution is 7.10. The van der Waals surface area contributed by atoms with Gasteiger partial charge in [-0.15, -0.1) is 11.3 Å². The quantitative estimate of drug-likeness (QED) is 0.923. The van der Waals surface area contributed by atoms with E-state index in [4.69, 9.17) is 4.74 Å². The molecule has 4 nitrogen and oxygen atoms in total. The van der Waals surface area contributed by atoms with E-state index in [9.17, 15) is 14.3 Å². The minimum atomic E-state index is -0.564. The van der Waals surface area contributed by atoms with Crippen LogP contribution in [-0.4, -0.2) is 41.7 Å². The van der Waals surface area contributed by atoms with Gasteiger partial charge in [0.25, 0.3) is 5.91 Å². The number of carbonyl (C=O) groups excluding carboxylic acids is 1. The molecule has 1 aromatic carbocycles. The number of likely N-dealkylation sites (tertiary alicyclic amines) is 1. The van der Waals surface area contributed by atoms with Gasteiger partial charge in [-0.1, -0.05) is 0 Å². The highest BCUT2D eigenvalue weighted by atomic mass is 32.1. The van der Waals surface area contributed by atoms with Gasteiger partial charge in [-0.3, -0.25) is 4.79 Å². The van der Waals surface area contributed by atoms with E-state index in [-0.39, 0.29) is 24.2 Å². The number of amides is 1. The third-order valence-electron chi connectivity index (χ3n) is 4.35. The number of ether oxygens (including phenoxy) is 1. The molecule has 24 heavy (non-hydrogen) atoms. The monoisotopic (exact) mass is 349 g/mol. The number of aliphatic hydroxyl groups is 1. The Morgan fingerprint density at radius 3 is 2.75 bits per heavy atom. The van der Waals surface area contributed by atoms with Crippen molar-refractivity contribution >= 4 is 17.2 Å². The summed E-state index contributed by atoms with van der Waals surface area (Å²) in [5, 5.41) is 12.5. The van der Waals surface area contributed by atoms with Gasteiger partial charge in [0.15, 0.2) is 6.61 Å². The van der Waals surface area contributed by atoms with Crippen molar-refractivity contribution in [2.45, 2.75) is 25.4 Å². The lowest BCUT2D eigenvalue weighted by Gasteiger charge is -2.35. The van der Waals surface area contributed by atoms with Gasteiger partial charge in [0.2, 0.25) is 0 Å². The molecule has 3 rings (SSSR count). The predicted octanol–water partition coefficient (Wildman–Crippen LogP) is 2.95. The number of thiophene rings is 1. The van der Waals surface area contributed by atoms with Gasteiger partial charge in [0, 0.05) is 23.9 Å². The zero-order valence-corrected chi connectivity index (χ0v) is 14.3. The van der Waals surface area contributed by atoms with E-state index >= 15 is 0 Å². The smallest absolute Gasteiger partial charge is 0.260 e. The predicted molar refractivity (Wildman–Crippen MR) is 90.9 cm³/mol. The summed E-state index contributed by atoms with van der Waals surface area (Å²) in [7, 11) is 0. The van der Waals surface area contributed by atoms with Crippen molar-refractivity contribution in [1.29, 1.82) is 0 Å². The first-order valence-electron chi connectivity index (χ1n) is 7.93. The summed E-state index contributed by atoms with van der Waals surface area (Å²) in [5.41, 5.74) is 1.20. The lowest BCUT2D eigenvalue weighted by Crippen LogP contribution is -2.47. The Bertz CT molecular complexity index is 701. The van der Waals surface area contributed by atoms with Crippen LogP contribution in [0, 0.1) is 12.7 Å². The first-order valence-corrected chi connectivity index (χ1v) is 8.81. The van der Waals surface area contributed by atoms with Gasteiger partial charge in [0.1, 0.15) is 11.6 Å². The van der Waals surface area contributed by atoms with Crippen LogP contribution < -0.4 is 4.74 Å². The number of piperidine rings is 1. The van der Waals surface area contributed by atoms with Gasteiger partial charge >= 0.3 is 0 Å². The second-order valence-corrected chi connectivity index (χ2v) is 6.96. The van der Waals surface area contributed by atoms with E-state index in [1.165, 1.54) is 34.7 Å². The Balaban J connectivity index is 1.54. The van der Waals surface area contributed by atoms with Crippen LogP contribution >= 0.6 is 11.3 Å². The number of β-amino-alcohol motifs (C(OH)–C–C–N with tert-alkyl or cyclic N) is 1. The maximum atomic E-state index is 12.8. The molecule has 1 aliphatic rings. The van der Waals surface area contributed by atoms with Crippen molar-refractivity contribution in [3.05, 3.63) is 52.0 Å². The van der Waals surface area contributed by atoms with E-state index in [1.54, 1.807) is 16.2 Å². The minimum absolute atomic E-state index is 0.0899. The van der Waals surface area contributed by atoms with Crippen molar-refractivity contribution in [3.8, 4) is 5.75 Å². The molecule has 1 amide bonds. The van der Waals surface area contributed by atoms with Crippen LogP contribution in [0.4, 0.5) is 4.39 Å². The molecule has 2 atom stereocenters. The van der Waals surface area contributed by atoms with Crippen LogP contribution in [0.5, 0.6) is 5.75 Å². The van der Waals surface area contributed by atoms with E-state index in [0.29, 0.717) is 18.8 Å². The maximum Gasteiger partial charge on any atom is 0.260 e. The van der Waals surface area contributed by atoms with Crippen molar-refractivity contribution in [2.75, 3.05) is 19.7 Å². The molecule has 1 fully saturated rings. The van der Waals surface area contributed by atoms with Crippen LogP contribution in [0.15, 0.2) is 35.7 Å². The van der Waals surface area contributed by atoms with Crippen molar-refractivity contribution in [2.24, 2.45) is 0 Å². The molecular formula is C18H20FNO3S. The van der Waals surface area contributed by atoms with Gasteiger partial charge < -0.3 is 14.7 Å². The molecule has 1 N–H and O–H groups in total. The highest BCUT2D eigenvalue weighted by Gasteiger charge is 2.32. The fourth-order valence-electron chi connectivity index (χ4n) is 3.00. The second kappa shape index (κ2) is 7.32. The summed E-state index contributed by atoms with van der Waals surface area (Å²) in [6, 6.07) is 7.62. The Hall–Kier alpha value is -1.92. The Morgan fingerprint density at radius 1 is 1.38 bits per heavy atom. The maximum absolute atomic E-state index is 12.8. The molecule has 1 aliphatic heterocycles. The zero-order chi connectivity index (χ0) is 17.1. The number of carbonyl (C=O) groups is 1. The molecule has 6 heteroatoms. The van der Waals surface area contributed by atoms with Crippen molar-refractivity contribution in [1.82, 2.24) is 4.90 Å². The number of aryl methyl sites for hydroxylation is 1. The largest absolute Gasteiger partial charge is 0.484 e. The van der Waals surface area contributed by atoms with Crippen LogP contribution in [0.3, 0.4) is 0 Å². The van der Waals surface area contributed by atoms with Crippen LogP contribution in [0.25, 0.3) is 0 Å².